The molecule has 0 spiro atoms. The van der Waals surface area contributed by atoms with Crippen molar-refractivity contribution in [3.63, 3.8) is 0 Å². The molecule has 2 rings (SSSR count). The predicted octanol–water partition coefficient (Wildman–Crippen LogP) is 4.81. The van der Waals surface area contributed by atoms with E-state index in [1.54, 1.807) is 0 Å². The average Bonchev–Trinajstić information content (AvgIpc) is 2.47. The van der Waals surface area contributed by atoms with Crippen molar-refractivity contribution < 1.29 is 0 Å². The minimum atomic E-state index is 0.888. The highest BCUT2D eigenvalue weighted by Gasteiger charge is 2.04. The summed E-state index contributed by atoms with van der Waals surface area (Å²) in [5.74, 6) is 0.888. The van der Waals surface area contributed by atoms with E-state index in [1.807, 2.05) is 25.4 Å². The zero-order valence-corrected chi connectivity index (χ0v) is 12.3. The van der Waals surface area contributed by atoms with Crippen molar-refractivity contribution in [1.29, 1.82) is 0 Å². The molecule has 2 aromatic rings. The molecule has 0 fully saturated rings. The summed E-state index contributed by atoms with van der Waals surface area (Å²) in [6, 6.07) is 8.52. The zero-order chi connectivity index (χ0) is 14.5. The van der Waals surface area contributed by atoms with Crippen LogP contribution in [0, 0.1) is 0 Å². The first-order chi connectivity index (χ1) is 9.69. The minimum absolute atomic E-state index is 0.888. The molecule has 0 amide bonds. The van der Waals surface area contributed by atoms with E-state index in [0.717, 1.165) is 11.2 Å². The molecule has 1 heterocycles. The van der Waals surface area contributed by atoms with Gasteiger partial charge in [0.1, 0.15) is 5.82 Å². The molecule has 0 aliphatic heterocycles. The highest BCUT2D eigenvalue weighted by molar-refractivity contribution is 5.89. The van der Waals surface area contributed by atoms with E-state index in [9.17, 15) is 0 Å². The molecule has 102 valence electrons. The van der Waals surface area contributed by atoms with Gasteiger partial charge >= 0.3 is 0 Å². The van der Waals surface area contributed by atoms with Gasteiger partial charge in [-0.25, -0.2) is 4.98 Å². The van der Waals surface area contributed by atoms with Crippen LogP contribution in [-0.4, -0.2) is 12.0 Å². The van der Waals surface area contributed by atoms with Crippen molar-refractivity contribution in [2.24, 2.45) is 0 Å². The normalized spacial score (nSPS) is 12.6. The van der Waals surface area contributed by atoms with Gasteiger partial charge in [-0.15, -0.1) is 0 Å². The van der Waals surface area contributed by atoms with Crippen LogP contribution in [-0.2, 0) is 0 Å². The second-order valence-electron chi connectivity index (χ2n) is 4.67. The maximum Gasteiger partial charge on any atom is 0.126 e. The molecule has 1 N–H and O–H groups in total. The van der Waals surface area contributed by atoms with Gasteiger partial charge in [0.05, 0.1) is 0 Å². The third-order valence-corrected chi connectivity index (χ3v) is 3.37. The quantitative estimate of drug-likeness (QED) is 0.801. The number of benzene rings is 1. The van der Waals surface area contributed by atoms with E-state index < -0.39 is 0 Å². The van der Waals surface area contributed by atoms with Gasteiger partial charge in [0, 0.05) is 18.6 Å². The molecule has 0 aliphatic rings. The molecule has 0 bridgehead atoms. The van der Waals surface area contributed by atoms with Gasteiger partial charge in [-0.05, 0) is 48.1 Å². The summed E-state index contributed by atoms with van der Waals surface area (Å²) in [7, 11) is 1.88. The summed E-state index contributed by atoms with van der Waals surface area (Å²) in [6.45, 7) is 7.92. The fourth-order valence-electron chi connectivity index (χ4n) is 2.33. The third-order valence-electron chi connectivity index (χ3n) is 3.37. The highest BCUT2D eigenvalue weighted by Crippen LogP contribution is 2.26. The van der Waals surface area contributed by atoms with E-state index in [1.165, 1.54) is 22.1 Å². The smallest absolute Gasteiger partial charge is 0.126 e. The number of anilines is 1. The van der Waals surface area contributed by atoms with Crippen molar-refractivity contribution in [3.05, 3.63) is 66.4 Å². The Hall–Kier alpha value is -2.35. The van der Waals surface area contributed by atoms with Crippen molar-refractivity contribution in [2.45, 2.75) is 13.8 Å². The molecule has 0 saturated carbocycles. The summed E-state index contributed by atoms with van der Waals surface area (Å²) in [6.07, 6.45) is 7.89. The molecule has 1 aromatic heterocycles. The number of nitrogens with one attached hydrogen (secondary N) is 1. The molecule has 1 aromatic carbocycles. The Morgan fingerprint density at radius 3 is 2.70 bits per heavy atom. The van der Waals surface area contributed by atoms with Crippen LogP contribution in [0.15, 0.2) is 60.8 Å². The van der Waals surface area contributed by atoms with Crippen LogP contribution in [0.3, 0.4) is 0 Å². The number of rotatable bonds is 4. The van der Waals surface area contributed by atoms with Crippen LogP contribution in [0.5, 0.6) is 0 Å². The van der Waals surface area contributed by atoms with Crippen molar-refractivity contribution in [2.75, 3.05) is 12.4 Å². The summed E-state index contributed by atoms with van der Waals surface area (Å²) in [4.78, 5) is 4.37. The molecule has 0 aliphatic carbocycles. The van der Waals surface area contributed by atoms with Crippen LogP contribution in [0.2, 0.25) is 0 Å². The molecular weight excluding hydrogens is 244 g/mol. The number of allylic oxidation sites excluding steroid dienone is 5. The molecule has 2 heteroatoms. The Kier molecular flexibility index (Phi) is 4.36. The summed E-state index contributed by atoms with van der Waals surface area (Å²) in [5, 5.41) is 5.39. The van der Waals surface area contributed by atoms with Crippen LogP contribution in [0.1, 0.15) is 19.4 Å². The maximum absolute atomic E-state index is 4.37. The fourth-order valence-corrected chi connectivity index (χ4v) is 2.33. The van der Waals surface area contributed by atoms with E-state index in [0.29, 0.717) is 0 Å². The van der Waals surface area contributed by atoms with Crippen LogP contribution in [0.25, 0.3) is 16.3 Å². The Balaban J connectivity index is 2.51. The van der Waals surface area contributed by atoms with Gasteiger partial charge in [-0.2, -0.15) is 0 Å². The second kappa shape index (κ2) is 6.20. The number of hydrogen-bond acceptors (Lipinski definition) is 2. The van der Waals surface area contributed by atoms with E-state index >= 15 is 0 Å². The lowest BCUT2D eigenvalue weighted by molar-refractivity contribution is 1.31. The van der Waals surface area contributed by atoms with Crippen LogP contribution in [0.4, 0.5) is 5.82 Å². The standard InChI is InChI=1S/C18H20N2/c1-5-7-13(3)17(6-2)15-9-8-14-11-18(19-4)20-12-16(14)10-15/h5-12H,1H2,2-4H3,(H,19,20)/b13-7-,17-6+. The third kappa shape index (κ3) is 2.80. The summed E-state index contributed by atoms with van der Waals surface area (Å²) < 4.78 is 0. The van der Waals surface area contributed by atoms with Gasteiger partial charge in [-0.1, -0.05) is 36.9 Å². The molecule has 0 unspecified atom stereocenters. The molecule has 0 atom stereocenters. The SMILES string of the molecule is C=C/C=C(C)\C(=C/C)c1ccc2cc(NC)ncc2c1. The Morgan fingerprint density at radius 1 is 1.25 bits per heavy atom. The van der Waals surface area contributed by atoms with Gasteiger partial charge in [0.25, 0.3) is 0 Å². The molecule has 20 heavy (non-hydrogen) atoms. The van der Waals surface area contributed by atoms with Crippen molar-refractivity contribution in [1.82, 2.24) is 4.98 Å². The van der Waals surface area contributed by atoms with Gasteiger partial charge in [0.15, 0.2) is 0 Å². The average molecular weight is 264 g/mol. The first-order valence-electron chi connectivity index (χ1n) is 6.73. The monoisotopic (exact) mass is 264 g/mol. The van der Waals surface area contributed by atoms with E-state index in [2.05, 4.69) is 61.1 Å². The molecule has 0 radical (unpaired) electrons. The molecule has 2 nitrogen and oxygen atoms in total. The number of fused-ring (bicyclic) bond motifs is 1. The first-order valence-corrected chi connectivity index (χ1v) is 6.73. The lowest BCUT2D eigenvalue weighted by atomic mass is 9.96. The zero-order valence-electron chi connectivity index (χ0n) is 12.3. The maximum atomic E-state index is 4.37. The first kappa shape index (κ1) is 14.1. The number of nitrogens with zero attached hydrogens (tertiary/aromatic N) is 1. The number of pyridine rings is 1. The second-order valence-corrected chi connectivity index (χ2v) is 4.67. The van der Waals surface area contributed by atoms with Gasteiger partial charge in [0.2, 0.25) is 0 Å². The van der Waals surface area contributed by atoms with Crippen molar-refractivity contribution in [3.8, 4) is 0 Å². The van der Waals surface area contributed by atoms with E-state index in [-0.39, 0.29) is 0 Å². The summed E-state index contributed by atoms with van der Waals surface area (Å²) in [5.41, 5.74) is 3.64. The highest BCUT2D eigenvalue weighted by atomic mass is 14.9. The topological polar surface area (TPSA) is 24.9 Å². The van der Waals surface area contributed by atoms with Crippen LogP contribution < -0.4 is 5.32 Å². The van der Waals surface area contributed by atoms with Gasteiger partial charge in [-0.3, -0.25) is 0 Å². The number of hydrogen-bond donors (Lipinski definition) is 1. The number of aromatic nitrogens is 1. The minimum Gasteiger partial charge on any atom is -0.373 e. The largest absolute Gasteiger partial charge is 0.373 e. The lowest BCUT2D eigenvalue weighted by Crippen LogP contribution is -1.92. The molecule has 0 saturated heterocycles. The fraction of sp³-hybridized carbons (Fsp3) is 0.167. The summed E-state index contributed by atoms with van der Waals surface area (Å²) >= 11 is 0. The van der Waals surface area contributed by atoms with Gasteiger partial charge < -0.3 is 5.32 Å². The molecular formula is C18H20N2. The van der Waals surface area contributed by atoms with Crippen molar-refractivity contribution >= 4 is 22.2 Å². The Bertz CT molecular complexity index is 694. The van der Waals surface area contributed by atoms with Crippen LogP contribution >= 0.6 is 0 Å². The Morgan fingerprint density at radius 2 is 2.05 bits per heavy atom. The van der Waals surface area contributed by atoms with E-state index in [4.69, 9.17) is 0 Å². The predicted molar refractivity (Wildman–Crippen MR) is 88.9 cm³/mol. The Labute approximate surface area is 120 Å². The lowest BCUT2D eigenvalue weighted by Gasteiger charge is -2.09.